The van der Waals surface area contributed by atoms with Gasteiger partial charge in [-0.25, -0.2) is 4.39 Å². The van der Waals surface area contributed by atoms with E-state index in [4.69, 9.17) is 5.26 Å². The van der Waals surface area contributed by atoms with Crippen LogP contribution >= 0.6 is 0 Å². The number of nitrogens with one attached hydrogen (secondary N) is 1. The summed E-state index contributed by atoms with van der Waals surface area (Å²) in [5.74, 6) is -0.116. The number of benzene rings is 2. The molecule has 124 valence electrons. The summed E-state index contributed by atoms with van der Waals surface area (Å²) in [6, 6.07) is 17.4. The van der Waals surface area contributed by atoms with Crippen LogP contribution in [0.1, 0.15) is 29.5 Å². The van der Waals surface area contributed by atoms with Crippen LogP contribution in [-0.4, -0.2) is 24.0 Å². The summed E-state index contributed by atoms with van der Waals surface area (Å²) in [6.07, 6.45) is 2.12. The lowest BCUT2D eigenvalue weighted by Gasteiger charge is -2.32. The Balaban J connectivity index is 1.45. The van der Waals surface area contributed by atoms with Gasteiger partial charge in [-0.15, -0.1) is 0 Å². The number of hydrogen-bond acceptors (Lipinski definition) is 3. The minimum atomic E-state index is -0.116. The smallest absolute Gasteiger partial charge is 0.127 e. The fraction of sp³-hybridized carbons (Fsp3) is 0.350. The van der Waals surface area contributed by atoms with E-state index in [1.54, 1.807) is 6.07 Å². The molecule has 0 saturated carbocycles. The lowest BCUT2D eigenvalue weighted by Crippen LogP contribution is -2.41. The van der Waals surface area contributed by atoms with Gasteiger partial charge in [0, 0.05) is 24.7 Å². The van der Waals surface area contributed by atoms with Gasteiger partial charge in [-0.1, -0.05) is 30.3 Å². The zero-order valence-electron chi connectivity index (χ0n) is 13.7. The predicted molar refractivity (Wildman–Crippen MR) is 92.7 cm³/mol. The maximum Gasteiger partial charge on any atom is 0.127 e. The molecule has 2 aromatic carbocycles. The normalized spacial score (nSPS) is 16.0. The monoisotopic (exact) mass is 323 g/mol. The number of rotatable bonds is 5. The molecule has 0 radical (unpaired) electrons. The van der Waals surface area contributed by atoms with Crippen LogP contribution in [-0.2, 0) is 13.1 Å². The molecule has 3 nitrogen and oxygen atoms in total. The van der Waals surface area contributed by atoms with E-state index >= 15 is 0 Å². The Morgan fingerprint density at radius 3 is 2.67 bits per heavy atom. The average Bonchev–Trinajstić information content (AvgIpc) is 2.63. The highest BCUT2D eigenvalue weighted by atomic mass is 19.1. The maximum absolute atomic E-state index is 13.7. The van der Waals surface area contributed by atoms with Gasteiger partial charge < -0.3 is 5.32 Å². The summed E-state index contributed by atoms with van der Waals surface area (Å²) in [6.45, 7) is 3.42. The number of nitriles is 1. The van der Waals surface area contributed by atoms with Gasteiger partial charge in [0.05, 0.1) is 11.6 Å². The Kier molecular flexibility index (Phi) is 5.58. The third kappa shape index (κ3) is 4.41. The quantitative estimate of drug-likeness (QED) is 0.916. The average molecular weight is 323 g/mol. The van der Waals surface area contributed by atoms with E-state index in [-0.39, 0.29) is 5.82 Å². The number of likely N-dealkylation sites (tertiary alicyclic amines) is 1. The van der Waals surface area contributed by atoms with Crippen molar-refractivity contribution < 1.29 is 4.39 Å². The molecule has 1 saturated heterocycles. The zero-order chi connectivity index (χ0) is 16.8. The van der Waals surface area contributed by atoms with Crippen LogP contribution < -0.4 is 5.32 Å². The van der Waals surface area contributed by atoms with Crippen LogP contribution in [0.25, 0.3) is 0 Å². The van der Waals surface area contributed by atoms with Crippen molar-refractivity contribution in [2.75, 3.05) is 13.1 Å². The Hall–Kier alpha value is -2.22. The van der Waals surface area contributed by atoms with E-state index in [0.717, 1.165) is 43.6 Å². The molecule has 0 bridgehead atoms. The van der Waals surface area contributed by atoms with E-state index in [0.29, 0.717) is 18.2 Å². The van der Waals surface area contributed by atoms with Crippen molar-refractivity contribution in [1.82, 2.24) is 10.2 Å². The molecule has 1 N–H and O–H groups in total. The largest absolute Gasteiger partial charge is 0.310 e. The molecule has 0 spiro atoms. The van der Waals surface area contributed by atoms with Gasteiger partial charge in [-0.3, -0.25) is 4.90 Å². The van der Waals surface area contributed by atoms with Crippen molar-refractivity contribution in [2.45, 2.75) is 32.0 Å². The van der Waals surface area contributed by atoms with E-state index in [2.05, 4.69) is 16.3 Å². The van der Waals surface area contributed by atoms with Crippen molar-refractivity contribution in [3.05, 3.63) is 71.0 Å². The molecule has 1 aliphatic rings. The van der Waals surface area contributed by atoms with Crippen molar-refractivity contribution in [2.24, 2.45) is 0 Å². The second-order valence-corrected chi connectivity index (χ2v) is 6.33. The van der Waals surface area contributed by atoms with Gasteiger partial charge in [0.15, 0.2) is 0 Å². The van der Waals surface area contributed by atoms with Gasteiger partial charge in [0.1, 0.15) is 5.82 Å². The SMILES string of the molecule is N#Cc1cccc(CNC2CCN(Cc3ccccc3F)CC2)c1. The third-order valence-corrected chi connectivity index (χ3v) is 4.59. The lowest BCUT2D eigenvalue weighted by molar-refractivity contribution is 0.188. The van der Waals surface area contributed by atoms with E-state index < -0.39 is 0 Å². The van der Waals surface area contributed by atoms with Crippen molar-refractivity contribution in [3.8, 4) is 6.07 Å². The van der Waals surface area contributed by atoms with Gasteiger partial charge in [0.25, 0.3) is 0 Å². The van der Waals surface area contributed by atoms with Crippen LogP contribution in [0.2, 0.25) is 0 Å². The topological polar surface area (TPSA) is 39.1 Å². The molecular weight excluding hydrogens is 301 g/mol. The zero-order valence-corrected chi connectivity index (χ0v) is 13.7. The van der Waals surface area contributed by atoms with E-state index in [9.17, 15) is 4.39 Å². The minimum Gasteiger partial charge on any atom is -0.310 e. The molecular formula is C20H22FN3. The second-order valence-electron chi connectivity index (χ2n) is 6.33. The molecule has 2 aromatic rings. The highest BCUT2D eigenvalue weighted by molar-refractivity contribution is 5.32. The first-order valence-electron chi connectivity index (χ1n) is 8.43. The number of nitrogens with zero attached hydrogens (tertiary/aromatic N) is 2. The molecule has 1 heterocycles. The van der Waals surface area contributed by atoms with Crippen LogP contribution in [0.4, 0.5) is 4.39 Å². The number of hydrogen-bond donors (Lipinski definition) is 1. The van der Waals surface area contributed by atoms with Crippen molar-refractivity contribution >= 4 is 0 Å². The number of halogens is 1. The Morgan fingerprint density at radius 2 is 1.92 bits per heavy atom. The fourth-order valence-electron chi connectivity index (χ4n) is 3.18. The summed E-state index contributed by atoms with van der Waals surface area (Å²) in [5, 5.41) is 12.5. The molecule has 0 aliphatic carbocycles. The molecule has 3 rings (SSSR count). The molecule has 0 amide bonds. The third-order valence-electron chi connectivity index (χ3n) is 4.59. The first-order chi connectivity index (χ1) is 11.7. The second kappa shape index (κ2) is 8.05. The van der Waals surface area contributed by atoms with Gasteiger partial charge >= 0.3 is 0 Å². The summed E-state index contributed by atoms with van der Waals surface area (Å²) in [4.78, 5) is 2.31. The van der Waals surface area contributed by atoms with Gasteiger partial charge in [-0.05, 0) is 49.7 Å². The fourth-order valence-corrected chi connectivity index (χ4v) is 3.18. The molecule has 0 atom stereocenters. The molecule has 4 heteroatoms. The van der Waals surface area contributed by atoms with E-state index in [1.807, 2.05) is 36.4 Å². The van der Waals surface area contributed by atoms with Gasteiger partial charge in [-0.2, -0.15) is 5.26 Å². The van der Waals surface area contributed by atoms with Crippen LogP contribution in [0.5, 0.6) is 0 Å². The van der Waals surface area contributed by atoms with E-state index in [1.165, 1.54) is 6.07 Å². The molecule has 24 heavy (non-hydrogen) atoms. The first kappa shape index (κ1) is 16.6. The minimum absolute atomic E-state index is 0.116. The van der Waals surface area contributed by atoms with Crippen molar-refractivity contribution in [1.29, 1.82) is 5.26 Å². The molecule has 0 aromatic heterocycles. The first-order valence-corrected chi connectivity index (χ1v) is 8.43. The van der Waals surface area contributed by atoms with Crippen LogP contribution in [0.15, 0.2) is 48.5 Å². The Bertz CT molecular complexity index is 715. The maximum atomic E-state index is 13.7. The van der Waals surface area contributed by atoms with Crippen molar-refractivity contribution in [3.63, 3.8) is 0 Å². The molecule has 0 unspecified atom stereocenters. The van der Waals surface area contributed by atoms with Crippen LogP contribution in [0, 0.1) is 17.1 Å². The van der Waals surface area contributed by atoms with Gasteiger partial charge in [0.2, 0.25) is 0 Å². The summed E-state index contributed by atoms with van der Waals surface area (Å²) in [7, 11) is 0. The summed E-state index contributed by atoms with van der Waals surface area (Å²) in [5.41, 5.74) is 2.62. The Labute approximate surface area is 142 Å². The lowest BCUT2D eigenvalue weighted by atomic mass is 10.0. The molecule has 1 aliphatic heterocycles. The highest BCUT2D eigenvalue weighted by Crippen LogP contribution is 2.16. The number of piperidine rings is 1. The molecule has 1 fully saturated rings. The van der Waals surface area contributed by atoms with Crippen LogP contribution in [0.3, 0.4) is 0 Å². The summed E-state index contributed by atoms with van der Waals surface area (Å²) < 4.78 is 13.7. The highest BCUT2D eigenvalue weighted by Gasteiger charge is 2.19. The Morgan fingerprint density at radius 1 is 1.12 bits per heavy atom. The standard InChI is InChI=1S/C20H22FN3/c21-20-7-2-1-6-18(20)15-24-10-8-19(9-11-24)23-14-17-5-3-4-16(12-17)13-22/h1-7,12,19,23H,8-11,14-15H2. The summed E-state index contributed by atoms with van der Waals surface area (Å²) >= 11 is 0. The predicted octanol–water partition coefficient (Wildman–Crippen LogP) is 3.45.